The molecule has 0 aromatic heterocycles. The standard InChI is InChI=1S/CF3.HI.Zn/c2-1(3)4;;/h;1H;/q-1;;+2/p-1. The van der Waals surface area contributed by atoms with Crippen LogP contribution < -0.4 is 24.0 Å². The molecule has 0 heterocycles. The first-order valence-corrected chi connectivity index (χ1v) is 0.567. The fraction of sp³-hybridized carbons (Fsp3) is 0. The van der Waals surface area contributed by atoms with Gasteiger partial charge in [0, 0.05) is 0 Å². The van der Waals surface area contributed by atoms with Crippen LogP contribution in [0.3, 0.4) is 0 Å². The van der Waals surface area contributed by atoms with Gasteiger partial charge in [-0.2, -0.15) is 0 Å². The number of hydrogen-bond donors (Lipinski definition) is 0. The van der Waals surface area contributed by atoms with Crippen molar-refractivity contribution in [1.82, 2.24) is 0 Å². The van der Waals surface area contributed by atoms with Crippen molar-refractivity contribution in [3.05, 3.63) is 6.68 Å². The van der Waals surface area contributed by atoms with Gasteiger partial charge in [-0.3, -0.25) is 0 Å². The monoisotopic (exact) mass is 260 g/mol. The molecule has 0 aliphatic rings. The Morgan fingerprint density at radius 2 is 1.00 bits per heavy atom. The van der Waals surface area contributed by atoms with Crippen molar-refractivity contribution in [3.8, 4) is 0 Å². The molecule has 0 aromatic carbocycles. The minimum Gasteiger partial charge on any atom is -1.00 e. The van der Waals surface area contributed by atoms with Crippen LogP contribution in [0.5, 0.6) is 0 Å². The van der Waals surface area contributed by atoms with E-state index in [2.05, 4.69) is 0 Å². The largest absolute Gasteiger partial charge is 2.00 e. The van der Waals surface area contributed by atoms with Gasteiger partial charge in [-0.15, -0.1) is 0 Å². The van der Waals surface area contributed by atoms with Crippen LogP contribution in [0.15, 0.2) is 0 Å². The molecule has 0 spiro atoms. The maximum absolute atomic E-state index is 9.58. The summed E-state index contributed by atoms with van der Waals surface area (Å²) in [7, 11) is 0. The first kappa shape index (κ1) is 15.7. The van der Waals surface area contributed by atoms with Gasteiger partial charge in [0.1, 0.15) is 0 Å². The van der Waals surface area contributed by atoms with Gasteiger partial charge in [0.25, 0.3) is 0 Å². The predicted molar refractivity (Wildman–Crippen MR) is 6.57 cm³/mol. The summed E-state index contributed by atoms with van der Waals surface area (Å²) < 4.78 is 28.8. The Bertz CT molecular complexity index is 15.5. The third-order valence-corrected chi connectivity index (χ3v) is 0. The Labute approximate surface area is 63.3 Å². The second-order valence-corrected chi connectivity index (χ2v) is 0.214. The molecule has 0 saturated heterocycles. The summed E-state index contributed by atoms with van der Waals surface area (Å²) in [4.78, 5) is 0. The minimum atomic E-state index is -3.08. The van der Waals surface area contributed by atoms with Crippen LogP contribution in [-0.4, -0.2) is 0 Å². The van der Waals surface area contributed by atoms with Gasteiger partial charge in [-0.05, 0) is 0 Å². The van der Waals surface area contributed by atoms with E-state index < -0.39 is 6.68 Å². The predicted octanol–water partition coefficient (Wildman–Crippen LogP) is -1.66. The molecule has 0 bridgehead atoms. The van der Waals surface area contributed by atoms with E-state index in [9.17, 15) is 13.2 Å². The van der Waals surface area contributed by atoms with Crippen molar-refractivity contribution >= 4 is 0 Å². The van der Waals surface area contributed by atoms with Crippen molar-refractivity contribution < 1.29 is 56.6 Å². The van der Waals surface area contributed by atoms with Crippen molar-refractivity contribution in [3.63, 3.8) is 0 Å². The molecular weight excluding hydrogens is 261 g/mol. The fourth-order valence-corrected chi connectivity index (χ4v) is 0. The Morgan fingerprint density at radius 3 is 1.00 bits per heavy atom. The molecule has 0 fully saturated rings. The zero-order valence-electron chi connectivity index (χ0n) is 2.72. The maximum Gasteiger partial charge on any atom is 2.00 e. The Balaban J connectivity index is -0.0000000450. The summed E-state index contributed by atoms with van der Waals surface area (Å²) in [5.74, 6) is 0. The van der Waals surface area contributed by atoms with E-state index >= 15 is 0 Å². The first-order valence-electron chi connectivity index (χ1n) is 0.567. The second-order valence-electron chi connectivity index (χ2n) is 0.214. The van der Waals surface area contributed by atoms with E-state index in [1.807, 2.05) is 0 Å². The molecule has 0 N–H and O–H groups in total. The van der Waals surface area contributed by atoms with E-state index in [1.54, 1.807) is 0 Å². The molecule has 0 rings (SSSR count). The third-order valence-electron chi connectivity index (χ3n) is 0. The zero-order chi connectivity index (χ0) is 3.58. The van der Waals surface area contributed by atoms with E-state index in [0.717, 1.165) is 0 Å². The van der Waals surface area contributed by atoms with Crippen LogP contribution in [0, 0.1) is 6.68 Å². The molecule has 0 aliphatic carbocycles. The van der Waals surface area contributed by atoms with E-state index in [0.29, 0.717) is 0 Å². The average Bonchev–Trinajstić information content (AvgIpc) is 0.811. The summed E-state index contributed by atoms with van der Waals surface area (Å²) in [5, 5.41) is 0. The van der Waals surface area contributed by atoms with E-state index in [1.165, 1.54) is 0 Å². The van der Waals surface area contributed by atoms with Gasteiger partial charge >= 0.3 is 19.5 Å². The Hall–Kier alpha value is 1.14. The Kier molecular flexibility index (Phi) is 24.8. The average molecular weight is 261 g/mol. The second kappa shape index (κ2) is 9.47. The van der Waals surface area contributed by atoms with Crippen LogP contribution in [0.1, 0.15) is 0 Å². The quantitative estimate of drug-likeness (QED) is 0.278. The molecular formula is CF3IZn. The van der Waals surface area contributed by atoms with E-state index in [-0.39, 0.29) is 43.5 Å². The summed E-state index contributed by atoms with van der Waals surface area (Å²) in [6.07, 6.45) is 0. The van der Waals surface area contributed by atoms with Crippen LogP contribution in [0.2, 0.25) is 0 Å². The maximum atomic E-state index is 9.58. The molecule has 34 valence electrons. The van der Waals surface area contributed by atoms with Crippen molar-refractivity contribution in [2.24, 2.45) is 0 Å². The molecule has 0 aromatic rings. The molecule has 0 saturated carbocycles. The van der Waals surface area contributed by atoms with Crippen molar-refractivity contribution in [2.45, 2.75) is 0 Å². The van der Waals surface area contributed by atoms with Crippen LogP contribution in [0.4, 0.5) is 13.2 Å². The van der Waals surface area contributed by atoms with Gasteiger partial charge in [-0.25, -0.2) is 0 Å². The SMILES string of the molecule is F[C-](F)F.[I-].[Zn+2]. The number of hydrogen-bond acceptors (Lipinski definition) is 0. The van der Waals surface area contributed by atoms with Gasteiger partial charge < -0.3 is 37.1 Å². The molecule has 0 atom stereocenters. The van der Waals surface area contributed by atoms with Gasteiger partial charge in [0.15, 0.2) is 6.68 Å². The number of halogens is 4. The van der Waals surface area contributed by atoms with Crippen molar-refractivity contribution in [1.29, 1.82) is 0 Å². The van der Waals surface area contributed by atoms with Gasteiger partial charge in [0.2, 0.25) is 0 Å². The smallest absolute Gasteiger partial charge is 1.00 e. The summed E-state index contributed by atoms with van der Waals surface area (Å²) in [5.41, 5.74) is 0. The molecule has 0 radical (unpaired) electrons. The fourth-order valence-electron chi connectivity index (χ4n) is 0. The number of rotatable bonds is 0. The first-order chi connectivity index (χ1) is 1.73. The van der Waals surface area contributed by atoms with Crippen molar-refractivity contribution in [2.75, 3.05) is 0 Å². The topological polar surface area (TPSA) is 0 Å². The summed E-state index contributed by atoms with van der Waals surface area (Å²) >= 11 is 0. The third kappa shape index (κ3) is 67.5. The summed E-state index contributed by atoms with van der Waals surface area (Å²) in [6.45, 7) is -3.08. The summed E-state index contributed by atoms with van der Waals surface area (Å²) in [6, 6.07) is 0. The van der Waals surface area contributed by atoms with E-state index in [4.69, 9.17) is 0 Å². The zero-order valence-corrected chi connectivity index (χ0v) is 7.84. The van der Waals surface area contributed by atoms with Crippen LogP contribution in [0.25, 0.3) is 0 Å². The molecule has 0 aliphatic heterocycles. The van der Waals surface area contributed by atoms with Gasteiger partial charge in [0.05, 0.1) is 0 Å². The minimum absolute atomic E-state index is 0. The van der Waals surface area contributed by atoms with Crippen LogP contribution in [-0.2, 0) is 19.5 Å². The van der Waals surface area contributed by atoms with Gasteiger partial charge in [-0.1, -0.05) is 0 Å². The normalized spacial score (nSPS) is 6.00. The molecule has 6 heavy (non-hydrogen) atoms. The molecule has 0 unspecified atom stereocenters. The molecule has 5 heteroatoms. The van der Waals surface area contributed by atoms with Crippen LogP contribution >= 0.6 is 0 Å². The Morgan fingerprint density at radius 1 is 1.00 bits per heavy atom. The molecule has 0 nitrogen and oxygen atoms in total. The molecule has 0 amide bonds.